The quantitative estimate of drug-likeness (QED) is 0.571. The summed E-state index contributed by atoms with van der Waals surface area (Å²) in [7, 11) is -3.79. The molecule has 1 heterocycles. The predicted molar refractivity (Wildman–Crippen MR) is 116 cm³/mol. The number of nitrogens with one attached hydrogen (secondary N) is 1. The van der Waals surface area contributed by atoms with Gasteiger partial charge in [0.15, 0.2) is 0 Å². The molecule has 3 aromatic carbocycles. The molecule has 1 aliphatic rings. The van der Waals surface area contributed by atoms with Crippen LogP contribution in [0.1, 0.15) is 33.2 Å². The molecule has 31 heavy (non-hydrogen) atoms. The maximum Gasteiger partial charge on any atom is 0.261 e. The Morgan fingerprint density at radius 3 is 1.97 bits per heavy atom. The van der Waals surface area contributed by atoms with Gasteiger partial charge in [-0.3, -0.25) is 19.2 Å². The Hall–Kier alpha value is -3.65. The molecule has 4 rings (SSSR count). The van der Waals surface area contributed by atoms with Gasteiger partial charge in [0.05, 0.1) is 29.2 Å². The number of anilines is 1. The van der Waals surface area contributed by atoms with Crippen LogP contribution in [0.25, 0.3) is 0 Å². The van der Waals surface area contributed by atoms with E-state index in [0.29, 0.717) is 34.7 Å². The van der Waals surface area contributed by atoms with Crippen LogP contribution in [-0.4, -0.2) is 31.7 Å². The first-order valence-electron chi connectivity index (χ1n) is 9.69. The number of fused-ring (bicyclic) bond motifs is 1. The zero-order valence-corrected chi connectivity index (χ0v) is 17.6. The van der Waals surface area contributed by atoms with Gasteiger partial charge in [-0.05, 0) is 61.0 Å². The van der Waals surface area contributed by atoms with Gasteiger partial charge < -0.3 is 4.74 Å². The number of carbonyl (C=O) groups is 2. The van der Waals surface area contributed by atoms with Crippen molar-refractivity contribution in [1.29, 1.82) is 0 Å². The fourth-order valence-corrected chi connectivity index (χ4v) is 4.40. The monoisotopic (exact) mass is 436 g/mol. The summed E-state index contributed by atoms with van der Waals surface area (Å²) >= 11 is 0. The normalized spacial score (nSPS) is 13.3. The lowest BCUT2D eigenvalue weighted by Crippen LogP contribution is -2.29. The van der Waals surface area contributed by atoms with Gasteiger partial charge in [0.2, 0.25) is 0 Å². The Kier molecular flexibility index (Phi) is 5.48. The fourth-order valence-electron chi connectivity index (χ4n) is 3.34. The lowest BCUT2D eigenvalue weighted by Gasteiger charge is -2.14. The highest BCUT2D eigenvalue weighted by Crippen LogP contribution is 2.25. The maximum atomic E-state index is 12.7. The zero-order valence-electron chi connectivity index (χ0n) is 16.7. The Balaban J connectivity index is 1.46. The Bertz CT molecular complexity index is 1200. The minimum atomic E-state index is -3.79. The standard InChI is InChI=1S/C23H20N2O5S/c1-2-30-18-11-9-17(10-12-18)24-31(28,29)19-13-7-16(8-14-19)15-25-22(26)20-5-3-4-6-21(20)23(25)27/h3-14,24H,2,15H2,1H3. The van der Waals surface area contributed by atoms with Crippen molar-refractivity contribution < 1.29 is 22.7 Å². The molecule has 1 N–H and O–H groups in total. The number of benzene rings is 3. The summed E-state index contributed by atoms with van der Waals surface area (Å²) < 4.78 is 33.2. The summed E-state index contributed by atoms with van der Waals surface area (Å²) in [5.41, 5.74) is 1.82. The summed E-state index contributed by atoms with van der Waals surface area (Å²) in [6.07, 6.45) is 0. The molecule has 1 aliphatic heterocycles. The highest BCUT2D eigenvalue weighted by atomic mass is 32.2. The smallest absolute Gasteiger partial charge is 0.261 e. The molecule has 3 aromatic rings. The van der Waals surface area contributed by atoms with E-state index in [4.69, 9.17) is 4.74 Å². The van der Waals surface area contributed by atoms with E-state index in [1.165, 1.54) is 12.1 Å². The molecule has 0 fully saturated rings. The van der Waals surface area contributed by atoms with E-state index in [0.717, 1.165) is 4.90 Å². The van der Waals surface area contributed by atoms with Crippen molar-refractivity contribution in [1.82, 2.24) is 4.90 Å². The summed E-state index contributed by atoms with van der Waals surface area (Å²) in [6, 6.07) is 19.4. The molecule has 0 unspecified atom stereocenters. The molecule has 8 heteroatoms. The van der Waals surface area contributed by atoms with Crippen LogP contribution in [0, 0.1) is 0 Å². The zero-order chi connectivity index (χ0) is 22.0. The molecular formula is C23H20N2O5S. The van der Waals surface area contributed by atoms with Crippen molar-refractivity contribution in [2.24, 2.45) is 0 Å². The van der Waals surface area contributed by atoms with E-state index in [2.05, 4.69) is 4.72 Å². The fraction of sp³-hybridized carbons (Fsp3) is 0.130. The van der Waals surface area contributed by atoms with Gasteiger partial charge in [-0.2, -0.15) is 0 Å². The summed E-state index contributed by atoms with van der Waals surface area (Å²) in [4.78, 5) is 26.2. The molecule has 0 atom stereocenters. The second-order valence-corrected chi connectivity index (χ2v) is 8.63. The number of carbonyl (C=O) groups excluding carboxylic acids is 2. The number of rotatable bonds is 7. The van der Waals surface area contributed by atoms with Crippen LogP contribution in [0.3, 0.4) is 0 Å². The molecule has 2 amide bonds. The van der Waals surface area contributed by atoms with Gasteiger partial charge in [-0.25, -0.2) is 8.42 Å². The molecule has 0 saturated heterocycles. The molecule has 0 spiro atoms. The Morgan fingerprint density at radius 2 is 1.42 bits per heavy atom. The van der Waals surface area contributed by atoms with Crippen molar-refractivity contribution in [3.05, 3.63) is 89.5 Å². The maximum absolute atomic E-state index is 12.7. The summed E-state index contributed by atoms with van der Waals surface area (Å²) in [5, 5.41) is 0. The van der Waals surface area contributed by atoms with Crippen LogP contribution >= 0.6 is 0 Å². The van der Waals surface area contributed by atoms with Crippen LogP contribution in [0.5, 0.6) is 5.75 Å². The predicted octanol–water partition coefficient (Wildman–Crippen LogP) is 3.68. The van der Waals surface area contributed by atoms with Crippen LogP contribution in [-0.2, 0) is 16.6 Å². The number of hydrogen-bond acceptors (Lipinski definition) is 5. The van der Waals surface area contributed by atoms with Crippen LogP contribution in [0.2, 0.25) is 0 Å². The van der Waals surface area contributed by atoms with E-state index >= 15 is 0 Å². The van der Waals surface area contributed by atoms with Crippen molar-refractivity contribution in [2.45, 2.75) is 18.4 Å². The number of amides is 2. The second-order valence-electron chi connectivity index (χ2n) is 6.95. The second kappa shape index (κ2) is 8.23. The SMILES string of the molecule is CCOc1ccc(NS(=O)(=O)c2ccc(CN3C(=O)c4ccccc4C3=O)cc2)cc1. The van der Waals surface area contributed by atoms with Gasteiger partial charge in [0, 0.05) is 5.69 Å². The molecule has 158 valence electrons. The summed E-state index contributed by atoms with van der Waals surface area (Å²) in [6.45, 7) is 2.46. The first-order valence-corrected chi connectivity index (χ1v) is 11.2. The molecule has 0 aliphatic carbocycles. The number of hydrogen-bond donors (Lipinski definition) is 1. The van der Waals surface area contributed by atoms with Crippen LogP contribution < -0.4 is 9.46 Å². The molecular weight excluding hydrogens is 416 g/mol. The molecule has 0 radical (unpaired) electrons. The largest absolute Gasteiger partial charge is 0.494 e. The Labute approximate surface area is 180 Å². The Morgan fingerprint density at radius 1 is 0.839 bits per heavy atom. The van der Waals surface area contributed by atoms with Gasteiger partial charge in [0.1, 0.15) is 5.75 Å². The number of imide groups is 1. The molecule has 0 aromatic heterocycles. The average Bonchev–Trinajstić information content (AvgIpc) is 3.01. The number of sulfonamides is 1. The van der Waals surface area contributed by atoms with E-state index in [-0.39, 0.29) is 23.3 Å². The third-order valence-corrected chi connectivity index (χ3v) is 6.27. The first-order chi connectivity index (χ1) is 14.9. The third-order valence-electron chi connectivity index (χ3n) is 4.87. The lowest BCUT2D eigenvalue weighted by atomic mass is 10.1. The summed E-state index contributed by atoms with van der Waals surface area (Å²) in [5.74, 6) is -0.0492. The number of ether oxygens (including phenoxy) is 1. The minimum absolute atomic E-state index is 0.0684. The molecule has 0 bridgehead atoms. The number of nitrogens with zero attached hydrogens (tertiary/aromatic N) is 1. The highest BCUT2D eigenvalue weighted by Gasteiger charge is 2.34. The van der Waals surface area contributed by atoms with Gasteiger partial charge >= 0.3 is 0 Å². The molecule has 0 saturated carbocycles. The van der Waals surface area contributed by atoms with Gasteiger partial charge in [-0.1, -0.05) is 24.3 Å². The topological polar surface area (TPSA) is 92.8 Å². The van der Waals surface area contributed by atoms with E-state index in [1.54, 1.807) is 60.7 Å². The average molecular weight is 436 g/mol. The van der Waals surface area contributed by atoms with Crippen molar-refractivity contribution in [3.63, 3.8) is 0 Å². The minimum Gasteiger partial charge on any atom is -0.494 e. The van der Waals surface area contributed by atoms with Crippen molar-refractivity contribution >= 4 is 27.5 Å². The molecule has 7 nitrogen and oxygen atoms in total. The van der Waals surface area contributed by atoms with Gasteiger partial charge in [0.25, 0.3) is 21.8 Å². The van der Waals surface area contributed by atoms with Crippen molar-refractivity contribution in [3.8, 4) is 5.75 Å². The lowest BCUT2D eigenvalue weighted by molar-refractivity contribution is 0.0642. The third kappa shape index (κ3) is 4.15. The van der Waals surface area contributed by atoms with Crippen molar-refractivity contribution in [2.75, 3.05) is 11.3 Å². The first kappa shape index (κ1) is 20.6. The van der Waals surface area contributed by atoms with E-state index in [1.807, 2.05) is 6.92 Å². The van der Waals surface area contributed by atoms with E-state index < -0.39 is 10.0 Å². The van der Waals surface area contributed by atoms with Gasteiger partial charge in [-0.15, -0.1) is 0 Å². The van der Waals surface area contributed by atoms with Crippen LogP contribution in [0.15, 0.2) is 77.7 Å². The van der Waals surface area contributed by atoms with E-state index in [9.17, 15) is 18.0 Å². The highest BCUT2D eigenvalue weighted by molar-refractivity contribution is 7.92. The van der Waals surface area contributed by atoms with Crippen LogP contribution in [0.4, 0.5) is 5.69 Å².